The molecule has 1 aromatic rings. The maximum absolute atomic E-state index is 12.0. The van der Waals surface area contributed by atoms with Crippen LogP contribution in [0, 0.1) is 0 Å². The Morgan fingerprint density at radius 2 is 2.21 bits per heavy atom. The molecule has 0 spiro atoms. The van der Waals surface area contributed by atoms with Crippen LogP contribution in [0.1, 0.15) is 18.4 Å². The highest BCUT2D eigenvalue weighted by Crippen LogP contribution is 2.21. The van der Waals surface area contributed by atoms with Gasteiger partial charge in [-0.15, -0.1) is 0 Å². The van der Waals surface area contributed by atoms with Gasteiger partial charge in [0.15, 0.2) is 0 Å². The zero-order valence-corrected chi connectivity index (χ0v) is 11.8. The first-order valence-corrected chi connectivity index (χ1v) is 7.03. The van der Waals surface area contributed by atoms with Crippen molar-refractivity contribution >= 4 is 11.8 Å². The van der Waals surface area contributed by atoms with Gasteiger partial charge in [0.2, 0.25) is 0 Å². The standard InChI is InChI=1S/C13H19F2NO2S/c1-10(2)8-17-6-5-16-7-11-3-4-12(18-11)9-19-13(14)15/h3-4,13,16H,1,5-9H2,2H3. The van der Waals surface area contributed by atoms with Gasteiger partial charge in [-0.3, -0.25) is 0 Å². The summed E-state index contributed by atoms with van der Waals surface area (Å²) >= 11 is 0.560. The lowest BCUT2D eigenvalue weighted by Crippen LogP contribution is -2.19. The maximum Gasteiger partial charge on any atom is 0.284 e. The molecule has 1 N–H and O–H groups in total. The first kappa shape index (κ1) is 16.2. The SMILES string of the molecule is C=C(C)COCCNCc1ccc(CSC(F)F)o1. The summed E-state index contributed by atoms with van der Waals surface area (Å²) in [5.74, 6) is -0.859. The fourth-order valence-corrected chi connectivity index (χ4v) is 1.79. The minimum absolute atomic E-state index is 0.194. The van der Waals surface area contributed by atoms with Crippen molar-refractivity contribution in [2.45, 2.75) is 25.0 Å². The molecule has 0 unspecified atom stereocenters. The van der Waals surface area contributed by atoms with Crippen LogP contribution >= 0.6 is 11.8 Å². The molecule has 0 aliphatic heterocycles. The van der Waals surface area contributed by atoms with Gasteiger partial charge in [0.1, 0.15) is 11.5 Å². The van der Waals surface area contributed by atoms with Crippen LogP contribution < -0.4 is 5.32 Å². The van der Waals surface area contributed by atoms with Gasteiger partial charge in [-0.1, -0.05) is 23.9 Å². The lowest BCUT2D eigenvalue weighted by atomic mass is 10.4. The number of furan rings is 1. The molecule has 6 heteroatoms. The van der Waals surface area contributed by atoms with Crippen molar-refractivity contribution in [1.29, 1.82) is 0 Å². The van der Waals surface area contributed by atoms with E-state index >= 15 is 0 Å². The van der Waals surface area contributed by atoms with Gasteiger partial charge >= 0.3 is 0 Å². The topological polar surface area (TPSA) is 34.4 Å². The van der Waals surface area contributed by atoms with Crippen LogP contribution in [0.25, 0.3) is 0 Å². The predicted octanol–water partition coefficient (Wildman–Crippen LogP) is 3.42. The summed E-state index contributed by atoms with van der Waals surface area (Å²) in [6.45, 7) is 8.08. The second kappa shape index (κ2) is 9.12. The highest BCUT2D eigenvalue weighted by Gasteiger charge is 2.07. The van der Waals surface area contributed by atoms with Crippen molar-refractivity contribution in [3.8, 4) is 0 Å². The lowest BCUT2D eigenvalue weighted by molar-refractivity contribution is 0.157. The molecule has 1 aromatic heterocycles. The molecule has 0 saturated carbocycles. The van der Waals surface area contributed by atoms with Gasteiger partial charge in [-0.2, -0.15) is 8.78 Å². The smallest absolute Gasteiger partial charge is 0.284 e. The fourth-order valence-electron chi connectivity index (χ4n) is 1.34. The molecular formula is C13H19F2NO2S. The Hall–Kier alpha value is -0.850. The Labute approximate surface area is 116 Å². The van der Waals surface area contributed by atoms with E-state index in [0.717, 1.165) is 11.3 Å². The third kappa shape index (κ3) is 8.02. The number of halogens is 2. The van der Waals surface area contributed by atoms with Gasteiger partial charge < -0.3 is 14.5 Å². The highest BCUT2D eigenvalue weighted by molar-refractivity contribution is 7.98. The molecule has 0 fully saturated rings. The summed E-state index contributed by atoms with van der Waals surface area (Å²) < 4.78 is 34.7. The molecule has 0 saturated heterocycles. The largest absolute Gasteiger partial charge is 0.464 e. The Morgan fingerprint density at radius 1 is 1.47 bits per heavy atom. The average molecular weight is 291 g/mol. The van der Waals surface area contributed by atoms with Crippen molar-refractivity contribution in [1.82, 2.24) is 5.32 Å². The first-order valence-electron chi connectivity index (χ1n) is 5.98. The molecule has 3 nitrogen and oxygen atoms in total. The number of ether oxygens (including phenoxy) is 1. The highest BCUT2D eigenvalue weighted by atomic mass is 32.2. The molecule has 19 heavy (non-hydrogen) atoms. The summed E-state index contributed by atoms with van der Waals surface area (Å²) in [6, 6.07) is 3.52. The van der Waals surface area contributed by atoms with Crippen molar-refractivity contribution < 1.29 is 17.9 Å². The molecule has 0 atom stereocenters. The van der Waals surface area contributed by atoms with Gasteiger partial charge in [0.25, 0.3) is 5.76 Å². The third-order valence-corrected chi connectivity index (χ3v) is 2.84. The predicted molar refractivity (Wildman–Crippen MR) is 73.3 cm³/mol. The van der Waals surface area contributed by atoms with Crippen LogP contribution in [0.3, 0.4) is 0 Å². The van der Waals surface area contributed by atoms with E-state index in [9.17, 15) is 8.78 Å². The number of thioether (sulfide) groups is 1. The Morgan fingerprint density at radius 3 is 2.89 bits per heavy atom. The van der Waals surface area contributed by atoms with Crippen molar-refractivity contribution in [2.24, 2.45) is 0 Å². The van der Waals surface area contributed by atoms with E-state index in [1.165, 1.54) is 0 Å². The zero-order valence-electron chi connectivity index (χ0n) is 11.0. The van der Waals surface area contributed by atoms with E-state index in [2.05, 4.69) is 11.9 Å². The molecule has 0 aromatic carbocycles. The zero-order chi connectivity index (χ0) is 14.1. The minimum Gasteiger partial charge on any atom is -0.464 e. The maximum atomic E-state index is 12.0. The number of hydrogen-bond acceptors (Lipinski definition) is 4. The van der Waals surface area contributed by atoms with Crippen molar-refractivity contribution in [2.75, 3.05) is 19.8 Å². The van der Waals surface area contributed by atoms with Crippen LogP contribution in [-0.4, -0.2) is 25.5 Å². The van der Waals surface area contributed by atoms with E-state index in [0.29, 0.717) is 43.8 Å². The van der Waals surface area contributed by atoms with E-state index in [-0.39, 0.29) is 5.75 Å². The number of hydrogen-bond donors (Lipinski definition) is 1. The van der Waals surface area contributed by atoms with Gasteiger partial charge in [0.05, 0.1) is 25.5 Å². The number of rotatable bonds is 10. The molecular weight excluding hydrogens is 272 g/mol. The summed E-state index contributed by atoms with van der Waals surface area (Å²) in [4.78, 5) is 0. The van der Waals surface area contributed by atoms with E-state index in [4.69, 9.17) is 9.15 Å². The molecule has 1 rings (SSSR count). The number of nitrogens with one attached hydrogen (secondary N) is 1. The molecule has 0 bridgehead atoms. The normalized spacial score (nSPS) is 11.2. The van der Waals surface area contributed by atoms with Crippen LogP contribution in [0.4, 0.5) is 8.78 Å². The van der Waals surface area contributed by atoms with Gasteiger partial charge in [-0.05, 0) is 19.1 Å². The summed E-state index contributed by atoms with van der Waals surface area (Å²) in [5.41, 5.74) is 0.993. The van der Waals surface area contributed by atoms with Crippen LogP contribution in [0.15, 0.2) is 28.7 Å². The van der Waals surface area contributed by atoms with Crippen molar-refractivity contribution in [3.05, 3.63) is 35.8 Å². The monoisotopic (exact) mass is 291 g/mol. The minimum atomic E-state index is -2.36. The average Bonchev–Trinajstić information content (AvgIpc) is 2.78. The number of alkyl halides is 2. The quantitative estimate of drug-likeness (QED) is 0.529. The van der Waals surface area contributed by atoms with Crippen LogP contribution in [0.2, 0.25) is 0 Å². The molecule has 0 radical (unpaired) electrons. The van der Waals surface area contributed by atoms with Crippen molar-refractivity contribution in [3.63, 3.8) is 0 Å². The molecule has 0 aliphatic carbocycles. The summed E-state index contributed by atoms with van der Waals surface area (Å²) in [6.07, 6.45) is 0. The third-order valence-electron chi connectivity index (χ3n) is 2.14. The molecule has 1 heterocycles. The second-order valence-electron chi connectivity index (χ2n) is 4.13. The summed E-state index contributed by atoms with van der Waals surface area (Å²) in [5, 5.41) is 3.15. The van der Waals surface area contributed by atoms with E-state index in [1.807, 2.05) is 6.92 Å². The first-order chi connectivity index (χ1) is 9.08. The molecule has 0 amide bonds. The van der Waals surface area contributed by atoms with Gasteiger partial charge in [0, 0.05) is 6.54 Å². The fraction of sp³-hybridized carbons (Fsp3) is 0.538. The van der Waals surface area contributed by atoms with Gasteiger partial charge in [-0.25, -0.2) is 0 Å². The van der Waals surface area contributed by atoms with Crippen LogP contribution in [0.5, 0.6) is 0 Å². The van der Waals surface area contributed by atoms with Crippen LogP contribution in [-0.2, 0) is 17.0 Å². The Bertz CT molecular complexity index is 382. The molecule has 108 valence electrons. The molecule has 0 aliphatic rings. The Kier molecular flexibility index (Phi) is 7.78. The van der Waals surface area contributed by atoms with E-state index < -0.39 is 5.76 Å². The Balaban J connectivity index is 2.11. The second-order valence-corrected chi connectivity index (χ2v) is 5.10. The summed E-state index contributed by atoms with van der Waals surface area (Å²) in [7, 11) is 0. The van der Waals surface area contributed by atoms with E-state index in [1.54, 1.807) is 12.1 Å². The lowest BCUT2D eigenvalue weighted by Gasteiger charge is -2.04.